The largest absolute Gasteiger partial charge is 0.490 e. The third kappa shape index (κ3) is 5.73. The van der Waals surface area contributed by atoms with Gasteiger partial charge >= 0.3 is 0 Å². The molecular formula is C24H34N2O2. The summed E-state index contributed by atoms with van der Waals surface area (Å²) >= 11 is 0. The van der Waals surface area contributed by atoms with Crippen LogP contribution in [-0.2, 0) is 13.2 Å². The van der Waals surface area contributed by atoms with Gasteiger partial charge in [-0.1, -0.05) is 42.8 Å². The molecule has 0 radical (unpaired) electrons. The van der Waals surface area contributed by atoms with Crippen LogP contribution in [-0.4, -0.2) is 37.2 Å². The Morgan fingerprint density at radius 1 is 1.00 bits per heavy atom. The highest BCUT2D eigenvalue weighted by Gasteiger charge is 2.22. The van der Waals surface area contributed by atoms with Crippen molar-refractivity contribution in [1.29, 1.82) is 0 Å². The summed E-state index contributed by atoms with van der Waals surface area (Å²) in [5.41, 5.74) is 3.65. The molecule has 1 aliphatic heterocycles. The minimum Gasteiger partial charge on any atom is -0.490 e. The Balaban J connectivity index is 1.56. The summed E-state index contributed by atoms with van der Waals surface area (Å²) in [6, 6.07) is 15.4. The van der Waals surface area contributed by atoms with Crippen LogP contribution in [0.5, 0.6) is 11.5 Å². The molecular weight excluding hydrogens is 348 g/mol. The topological polar surface area (TPSA) is 33.7 Å². The number of nitrogens with zero attached hydrogens (tertiary/aromatic N) is 1. The molecule has 1 fully saturated rings. The first-order valence-electron chi connectivity index (χ1n) is 10.6. The van der Waals surface area contributed by atoms with Gasteiger partial charge < -0.3 is 14.8 Å². The smallest absolute Gasteiger partial charge is 0.161 e. The zero-order valence-electron chi connectivity index (χ0n) is 17.5. The fraction of sp³-hybridized carbons (Fsp3) is 0.500. The number of nitrogens with one attached hydrogen (secondary N) is 1. The summed E-state index contributed by atoms with van der Waals surface area (Å²) in [6.45, 7) is 11.8. The van der Waals surface area contributed by atoms with Crippen molar-refractivity contribution in [3.05, 3.63) is 59.2 Å². The second kappa shape index (κ2) is 10.5. The van der Waals surface area contributed by atoms with Crippen molar-refractivity contribution in [2.45, 2.75) is 52.8 Å². The third-order valence-corrected chi connectivity index (χ3v) is 5.44. The number of aryl methyl sites for hydroxylation is 1. The maximum atomic E-state index is 6.03. The van der Waals surface area contributed by atoms with Crippen molar-refractivity contribution in [2.24, 2.45) is 0 Å². The molecule has 28 heavy (non-hydrogen) atoms. The predicted molar refractivity (Wildman–Crippen MR) is 115 cm³/mol. The van der Waals surface area contributed by atoms with Gasteiger partial charge in [0.25, 0.3) is 0 Å². The van der Waals surface area contributed by atoms with Crippen LogP contribution >= 0.6 is 0 Å². The van der Waals surface area contributed by atoms with Crippen LogP contribution in [0.15, 0.2) is 42.5 Å². The van der Waals surface area contributed by atoms with Gasteiger partial charge in [-0.2, -0.15) is 0 Å². The number of hydrogen-bond acceptors (Lipinski definition) is 4. The molecule has 1 N–H and O–H groups in total. The Bertz CT molecular complexity index is 730. The molecule has 2 aromatic carbocycles. The SMILES string of the molecule is CCOc1cc(CNCC2CCCN2CC)ccc1OCc1ccc(C)cc1. The van der Waals surface area contributed by atoms with Crippen LogP contribution in [0.2, 0.25) is 0 Å². The first kappa shape index (κ1) is 20.7. The highest BCUT2D eigenvalue weighted by molar-refractivity contribution is 5.43. The van der Waals surface area contributed by atoms with E-state index in [1.165, 1.54) is 30.5 Å². The van der Waals surface area contributed by atoms with Gasteiger partial charge in [-0.25, -0.2) is 0 Å². The quantitative estimate of drug-likeness (QED) is 0.654. The zero-order chi connectivity index (χ0) is 19.8. The summed E-state index contributed by atoms with van der Waals surface area (Å²) in [5, 5.41) is 3.62. The Hall–Kier alpha value is -2.04. The van der Waals surface area contributed by atoms with Gasteiger partial charge in [0.15, 0.2) is 11.5 Å². The van der Waals surface area contributed by atoms with Gasteiger partial charge in [0.1, 0.15) is 6.61 Å². The van der Waals surface area contributed by atoms with Crippen molar-refractivity contribution < 1.29 is 9.47 Å². The molecule has 0 saturated carbocycles. The van der Waals surface area contributed by atoms with Gasteiger partial charge in [-0.15, -0.1) is 0 Å². The normalized spacial score (nSPS) is 17.0. The number of benzene rings is 2. The highest BCUT2D eigenvalue weighted by atomic mass is 16.5. The average molecular weight is 383 g/mol. The van der Waals surface area contributed by atoms with Crippen LogP contribution in [0.3, 0.4) is 0 Å². The van der Waals surface area contributed by atoms with Gasteiger partial charge in [-0.3, -0.25) is 4.90 Å². The lowest BCUT2D eigenvalue weighted by atomic mass is 10.1. The van der Waals surface area contributed by atoms with Gasteiger partial charge in [0.05, 0.1) is 6.61 Å². The van der Waals surface area contributed by atoms with Gasteiger partial charge in [0.2, 0.25) is 0 Å². The lowest BCUT2D eigenvalue weighted by Crippen LogP contribution is -2.37. The molecule has 2 aromatic rings. The summed E-state index contributed by atoms with van der Waals surface area (Å²) < 4.78 is 11.9. The van der Waals surface area contributed by atoms with Crippen LogP contribution in [0.1, 0.15) is 43.4 Å². The number of rotatable bonds is 10. The first-order chi connectivity index (χ1) is 13.7. The predicted octanol–water partition coefficient (Wildman–Crippen LogP) is 4.55. The summed E-state index contributed by atoms with van der Waals surface area (Å²) in [6.07, 6.45) is 2.62. The Labute approximate surface area is 169 Å². The maximum absolute atomic E-state index is 6.03. The van der Waals surface area contributed by atoms with E-state index in [2.05, 4.69) is 60.5 Å². The minimum absolute atomic E-state index is 0.548. The fourth-order valence-electron chi connectivity index (χ4n) is 3.82. The second-order valence-electron chi connectivity index (χ2n) is 7.54. The number of likely N-dealkylation sites (tertiary alicyclic amines) is 1. The lowest BCUT2D eigenvalue weighted by Gasteiger charge is -2.23. The molecule has 0 bridgehead atoms. The van der Waals surface area contributed by atoms with E-state index in [9.17, 15) is 0 Å². The summed E-state index contributed by atoms with van der Waals surface area (Å²) in [5.74, 6) is 1.63. The highest BCUT2D eigenvalue weighted by Crippen LogP contribution is 2.29. The molecule has 152 valence electrons. The van der Waals surface area contributed by atoms with Crippen molar-refractivity contribution in [2.75, 3.05) is 26.2 Å². The van der Waals surface area contributed by atoms with E-state index in [0.717, 1.165) is 36.7 Å². The van der Waals surface area contributed by atoms with Crippen LogP contribution in [0.25, 0.3) is 0 Å². The molecule has 0 aliphatic carbocycles. The molecule has 3 rings (SSSR count). The van der Waals surface area contributed by atoms with Crippen LogP contribution in [0.4, 0.5) is 0 Å². The molecule has 0 spiro atoms. The van der Waals surface area contributed by atoms with Gasteiger partial charge in [-0.05, 0) is 63.0 Å². The minimum atomic E-state index is 0.548. The van der Waals surface area contributed by atoms with E-state index in [1.807, 2.05) is 13.0 Å². The van der Waals surface area contributed by atoms with Crippen LogP contribution in [0, 0.1) is 6.92 Å². The Morgan fingerprint density at radius 2 is 1.79 bits per heavy atom. The fourth-order valence-corrected chi connectivity index (χ4v) is 3.82. The monoisotopic (exact) mass is 382 g/mol. The van der Waals surface area contributed by atoms with E-state index >= 15 is 0 Å². The lowest BCUT2D eigenvalue weighted by molar-refractivity contribution is 0.259. The van der Waals surface area contributed by atoms with E-state index in [1.54, 1.807) is 0 Å². The van der Waals surface area contributed by atoms with E-state index in [-0.39, 0.29) is 0 Å². The summed E-state index contributed by atoms with van der Waals surface area (Å²) in [4.78, 5) is 2.57. The molecule has 1 aliphatic rings. The number of ether oxygens (including phenoxy) is 2. The standard InChI is InChI=1S/C24H34N2O2/c1-4-26-14-6-7-22(26)17-25-16-21-12-13-23(24(15-21)27-5-2)28-18-20-10-8-19(3)9-11-20/h8-13,15,22,25H,4-7,14,16-18H2,1-3H3. The molecule has 0 amide bonds. The molecule has 4 nitrogen and oxygen atoms in total. The molecule has 1 saturated heterocycles. The van der Waals surface area contributed by atoms with Crippen molar-refractivity contribution in [3.8, 4) is 11.5 Å². The maximum Gasteiger partial charge on any atom is 0.161 e. The Morgan fingerprint density at radius 3 is 2.54 bits per heavy atom. The molecule has 1 heterocycles. The van der Waals surface area contributed by atoms with Crippen LogP contribution < -0.4 is 14.8 Å². The Kier molecular flexibility index (Phi) is 7.75. The molecule has 0 aromatic heterocycles. The van der Waals surface area contributed by atoms with E-state index in [4.69, 9.17) is 9.47 Å². The number of likely N-dealkylation sites (N-methyl/N-ethyl adjacent to an activating group) is 1. The molecule has 1 atom stereocenters. The molecule has 1 unspecified atom stereocenters. The second-order valence-corrected chi connectivity index (χ2v) is 7.54. The number of hydrogen-bond donors (Lipinski definition) is 1. The van der Waals surface area contributed by atoms with E-state index < -0.39 is 0 Å². The summed E-state index contributed by atoms with van der Waals surface area (Å²) in [7, 11) is 0. The molecule has 4 heteroatoms. The van der Waals surface area contributed by atoms with Crippen molar-refractivity contribution >= 4 is 0 Å². The van der Waals surface area contributed by atoms with Crippen molar-refractivity contribution in [3.63, 3.8) is 0 Å². The zero-order valence-corrected chi connectivity index (χ0v) is 17.5. The first-order valence-corrected chi connectivity index (χ1v) is 10.6. The average Bonchev–Trinajstić information content (AvgIpc) is 3.16. The third-order valence-electron chi connectivity index (χ3n) is 5.44. The van der Waals surface area contributed by atoms with E-state index in [0.29, 0.717) is 19.3 Å². The van der Waals surface area contributed by atoms with Gasteiger partial charge in [0, 0.05) is 19.1 Å². The van der Waals surface area contributed by atoms with Crippen molar-refractivity contribution in [1.82, 2.24) is 10.2 Å².